The highest BCUT2D eigenvalue weighted by Crippen LogP contribution is 2.40. The van der Waals surface area contributed by atoms with Crippen LogP contribution < -0.4 is 88.9 Å². The fraction of sp³-hybridized carbons (Fsp3) is 0.510. The van der Waals surface area contributed by atoms with Crippen molar-refractivity contribution < 1.29 is 105 Å². The maximum absolute atomic E-state index is 13.3. The van der Waals surface area contributed by atoms with Gasteiger partial charge in [-0.3, -0.25) is 57.5 Å². The largest absolute Gasteiger partial charge is 0.497 e. The zero-order valence-corrected chi connectivity index (χ0v) is 83.8. The van der Waals surface area contributed by atoms with Gasteiger partial charge in [-0.2, -0.15) is 5.26 Å². The number of primary amides is 1. The van der Waals surface area contributed by atoms with Crippen molar-refractivity contribution in [2.75, 3.05) is 68.8 Å². The highest BCUT2D eigenvalue weighted by molar-refractivity contribution is 6.37. The summed E-state index contributed by atoms with van der Waals surface area (Å²) in [4.78, 5) is 198. The number of carboxylic acids is 1. The van der Waals surface area contributed by atoms with Gasteiger partial charge in [0.15, 0.2) is 0 Å². The number of aromatic amines is 4. The fourth-order valence-corrected chi connectivity index (χ4v) is 18.6. The molecule has 8 heterocycles. The molecule has 0 spiro atoms. The van der Waals surface area contributed by atoms with E-state index >= 15 is 0 Å². The Balaban J connectivity index is 0.000000175. The number of aromatic carboxylic acids is 1. The van der Waals surface area contributed by atoms with Gasteiger partial charge in [0.05, 0.1) is 96.9 Å². The van der Waals surface area contributed by atoms with Crippen molar-refractivity contribution in [3.05, 3.63) is 116 Å². The average Bonchev–Trinajstić information content (AvgIpc) is 1.69. The molecule has 4 saturated heterocycles. The molecular formula is C98H123Cl5N18O22. The number of nitrogens with one attached hydrogen (secondary N) is 15. The minimum atomic E-state index is -1.01. The molecule has 8 aromatic rings. The Morgan fingerprint density at radius 2 is 0.643 bits per heavy atom. The van der Waals surface area contributed by atoms with Crippen molar-refractivity contribution >= 4 is 191 Å². The van der Waals surface area contributed by atoms with Crippen molar-refractivity contribution in [3.63, 3.8) is 0 Å². The summed E-state index contributed by atoms with van der Waals surface area (Å²) in [7, 11) is 8.63. The number of benzene rings is 4. The Bertz CT molecular complexity index is 6020. The van der Waals surface area contributed by atoms with Crippen molar-refractivity contribution in [1.82, 2.24) is 78.4 Å². The number of amides is 12. The second-order valence-electron chi connectivity index (χ2n) is 37.0. The summed E-state index contributed by atoms with van der Waals surface area (Å²) in [6.07, 6.45) is 16.9. The number of aromatic nitrogens is 4. The van der Waals surface area contributed by atoms with Crippen molar-refractivity contribution in [3.8, 4) is 29.1 Å². The topological polar surface area (TPSA) is 603 Å². The third-order valence-electron chi connectivity index (χ3n) is 26.2. The maximum Gasteiger partial charge on any atom is 0.352 e. The molecule has 16 rings (SSSR count). The number of carboxylic acid groups (broad SMARTS) is 1. The Morgan fingerprint density at radius 1 is 0.371 bits per heavy atom. The molecule has 4 aliphatic heterocycles. The number of carbonyl (C=O) groups excluding carboxylic acids is 14. The Hall–Kier alpha value is -12.8. The molecule has 20 N–H and O–H groups in total. The second kappa shape index (κ2) is 51.9. The number of ether oxygens (including phenoxy) is 6. The molecule has 12 amide bonds. The number of nitriles is 1. The first-order valence-corrected chi connectivity index (χ1v) is 49.1. The minimum absolute atomic E-state index is 0. The molecule has 12 atom stereocenters. The fourth-order valence-electron chi connectivity index (χ4n) is 17.5. The van der Waals surface area contributed by atoms with E-state index in [9.17, 15) is 77.2 Å². The quantitative estimate of drug-likeness (QED) is 0.0160. The normalized spacial score (nSPS) is 19.1. The van der Waals surface area contributed by atoms with Gasteiger partial charge in [-0.25, -0.2) is 14.4 Å². The second-order valence-corrected chi connectivity index (χ2v) is 38.6. The van der Waals surface area contributed by atoms with Crippen molar-refractivity contribution in [1.29, 1.82) is 5.26 Å². The van der Waals surface area contributed by atoms with Gasteiger partial charge < -0.3 is 123 Å². The van der Waals surface area contributed by atoms with E-state index in [0.717, 1.165) is 82.4 Å². The SMILES string of the molecule is COC(=O)[C@H](C[C@@H]1CCCNC1=O)NC(=O)[C@@H](N)CC1CC1.COC(=O)[C@H](C[C@@H]1CCCNC1=O)NC(=O)[C@H](CC1CC1)NC(=O)c1cc2cc(OC)cc(Cl)c2[nH]1.COc1cc(Cl)c2[nH]c(C(=O)N[C@@H](CC3CC3)C(=O)N[C@@H](C[C@@H]3CCCNC3=O)C(N)=O)cc2c1.COc1cc(Cl)c2[nH]c(C(=O)N[C@@H](CC3CC3)C(=O)N[C@H](C#N)C[C@@H]3CCCNC3=O)cc2c1.COc1cc(Cl)c2[nH]c(C(=O)O)cc2c1.Cl. The highest BCUT2D eigenvalue weighted by atomic mass is 35.5. The van der Waals surface area contributed by atoms with Crippen LogP contribution in [0.1, 0.15) is 196 Å². The van der Waals surface area contributed by atoms with Crippen LogP contribution in [0, 0.1) is 58.7 Å². The van der Waals surface area contributed by atoms with Crippen LogP contribution in [0.4, 0.5) is 0 Å². The Morgan fingerprint density at radius 3 is 0.923 bits per heavy atom. The Kier molecular flexibility index (Phi) is 40.1. The first-order valence-electron chi connectivity index (χ1n) is 47.6. The first kappa shape index (κ1) is 111. The zero-order chi connectivity index (χ0) is 102. The number of halogens is 5. The molecule has 4 aromatic heterocycles. The molecule has 0 radical (unpaired) electrons. The third kappa shape index (κ3) is 31.6. The van der Waals surface area contributed by atoms with Crippen LogP contribution in [-0.4, -0.2) is 231 Å². The number of esters is 2. The molecule has 4 saturated carbocycles. The number of H-pyrrole nitrogens is 4. The van der Waals surface area contributed by atoms with Crippen molar-refractivity contribution in [2.24, 2.45) is 58.8 Å². The molecule has 143 heavy (non-hydrogen) atoms. The van der Waals surface area contributed by atoms with E-state index in [0.29, 0.717) is 183 Å². The number of carbonyl (C=O) groups is 15. The summed E-state index contributed by atoms with van der Waals surface area (Å²) in [6, 6.07) is 15.4. The number of piperidine rings is 4. The van der Waals surface area contributed by atoms with Crippen molar-refractivity contribution in [2.45, 2.75) is 202 Å². The predicted molar refractivity (Wildman–Crippen MR) is 533 cm³/mol. The van der Waals surface area contributed by atoms with Gasteiger partial charge in [-0.1, -0.05) is 97.8 Å². The molecule has 772 valence electrons. The number of nitrogens with two attached hydrogens (primary N) is 2. The van der Waals surface area contributed by atoms with Crippen LogP contribution in [0.25, 0.3) is 43.6 Å². The minimum Gasteiger partial charge on any atom is -0.497 e. The van der Waals surface area contributed by atoms with E-state index in [2.05, 4.69) is 84.5 Å². The molecular weight excluding hydrogens is 1960 g/mol. The molecule has 4 aliphatic carbocycles. The van der Waals surface area contributed by atoms with Crippen LogP contribution in [0.15, 0.2) is 72.8 Å². The standard InChI is InChI=1S/C25H31ClN4O6.C24H30ClN5O5.C24H28ClN5O4.C15H25N3O4.C10H8ClNO3.ClH/c1-35-16-9-15-11-19(28-21(15)17(26)12-16)24(33)29-18(8-13-5-6-13)23(32)30-20(25(34)36-2)10-14-4-3-7-27-22(14)31;1-35-15-8-14-10-19(28-20(14)16(25)11-15)24(34)30-18(7-12-4-5-12)23(33)29-17(21(26)31)9-13-3-2-6-27-22(13)32;1-34-17-9-15-10-20(29-21(15)18(25)11-17)24(33)30-19(7-13-4-5-13)23(32)28-16(12-26)8-14-3-2-6-27-22(14)31;1-22-15(21)12(8-10-3-2-6-17-13(10)19)18-14(20)11(16)7-9-4-5-9;1-15-6-2-5-3-8(10(13)14)12-9(5)7(11)4-6;/h9,11-14,18,20,28H,3-8,10H2,1-2H3,(H,27,31)(H,29,33)(H,30,32);8,10-13,17-18,28H,2-7,9H2,1H3,(H2,26,31)(H,27,32)(H,29,33)(H,30,34);9-11,13-14,16,19,29H,2-8H2,1H3,(H,27,31)(H,28,32)(H,30,33);9-12H,2-8,16H2,1H3,(H,17,19)(H,18,20);2-4,12H,1H3,(H,13,14);1H/t14-,18-,20-;13-,17-,18-;14-,16-,19-;10-,11-,12-;;/m0000../s1. The predicted octanol–water partition coefficient (Wildman–Crippen LogP) is 9.21. The van der Waals surface area contributed by atoms with Crippen LogP contribution in [0.2, 0.25) is 20.1 Å². The zero-order valence-electron chi connectivity index (χ0n) is 80.0. The van der Waals surface area contributed by atoms with Gasteiger partial charge in [0, 0.05) is 95.7 Å². The van der Waals surface area contributed by atoms with Gasteiger partial charge >= 0.3 is 17.9 Å². The monoisotopic (exact) mass is 2080 g/mol. The van der Waals surface area contributed by atoms with Gasteiger partial charge in [0.25, 0.3) is 17.7 Å². The van der Waals surface area contributed by atoms with Gasteiger partial charge in [0.1, 0.15) is 88.1 Å². The molecule has 4 aromatic carbocycles. The summed E-state index contributed by atoms with van der Waals surface area (Å²) < 4.78 is 30.3. The lowest BCUT2D eigenvalue weighted by Crippen LogP contribution is -2.54. The number of methoxy groups -OCH3 is 6. The molecule has 0 bridgehead atoms. The summed E-state index contributed by atoms with van der Waals surface area (Å²) in [5, 5.41) is 53.2. The summed E-state index contributed by atoms with van der Waals surface area (Å²) in [5.41, 5.74) is 14.7. The molecule has 8 fully saturated rings. The van der Waals surface area contributed by atoms with Crippen LogP contribution >= 0.6 is 58.8 Å². The van der Waals surface area contributed by atoms with Crippen LogP contribution in [0.5, 0.6) is 23.0 Å². The number of rotatable bonds is 38. The molecule has 0 unspecified atom stereocenters. The lowest BCUT2D eigenvalue weighted by molar-refractivity contribution is -0.146. The summed E-state index contributed by atoms with van der Waals surface area (Å²) >= 11 is 24.8. The average molecular weight is 2080 g/mol. The lowest BCUT2D eigenvalue weighted by Gasteiger charge is -2.27. The van der Waals surface area contributed by atoms with E-state index in [4.69, 9.17) is 91.4 Å². The summed E-state index contributed by atoms with van der Waals surface area (Å²) in [5.74, 6) is -4.01. The van der Waals surface area contributed by atoms with E-state index < -0.39 is 119 Å². The molecule has 40 nitrogen and oxygen atoms in total. The first-order chi connectivity index (χ1) is 68.0. The Labute approximate surface area is 850 Å². The van der Waals surface area contributed by atoms with Gasteiger partial charge in [0.2, 0.25) is 53.2 Å². The smallest absolute Gasteiger partial charge is 0.352 e. The number of nitrogens with zero attached hydrogens (tertiary/aromatic N) is 1. The van der Waals surface area contributed by atoms with E-state index in [1.165, 1.54) is 48.7 Å². The molecule has 8 aliphatic rings. The van der Waals surface area contributed by atoms with Gasteiger partial charge in [-0.05, 0) is 175 Å². The van der Waals surface area contributed by atoms with E-state index in [1.807, 2.05) is 0 Å². The number of hydrogen-bond acceptors (Lipinski definition) is 23. The summed E-state index contributed by atoms with van der Waals surface area (Å²) in [6.45, 7) is 2.51. The number of hydrogen-bond donors (Lipinski definition) is 18. The van der Waals surface area contributed by atoms with Gasteiger partial charge in [-0.15, -0.1) is 12.4 Å². The number of fused-ring (bicyclic) bond motifs is 4. The lowest BCUT2D eigenvalue weighted by atomic mass is 9.91. The maximum atomic E-state index is 13.3. The molecule has 45 heteroatoms. The highest BCUT2D eigenvalue weighted by Gasteiger charge is 2.41. The van der Waals surface area contributed by atoms with E-state index in [-0.39, 0.29) is 102 Å². The van der Waals surface area contributed by atoms with Crippen LogP contribution in [-0.2, 0) is 62.2 Å². The third-order valence-corrected chi connectivity index (χ3v) is 27.4. The van der Waals surface area contributed by atoms with Crippen LogP contribution in [0.3, 0.4) is 0 Å². The van der Waals surface area contributed by atoms with E-state index in [1.54, 1.807) is 66.7 Å².